The first-order chi connectivity index (χ1) is 15.5. The first-order valence-electron chi connectivity index (χ1n) is 11.7. The van der Waals surface area contributed by atoms with Crippen LogP contribution in [-0.2, 0) is 14.4 Å². The van der Waals surface area contributed by atoms with Crippen molar-refractivity contribution in [2.75, 3.05) is 45.9 Å². The van der Waals surface area contributed by atoms with Crippen LogP contribution in [0.3, 0.4) is 0 Å². The van der Waals surface area contributed by atoms with Crippen molar-refractivity contribution < 1.29 is 19.1 Å². The second-order valence-corrected chi connectivity index (χ2v) is 9.26. The molecule has 4 heterocycles. The third-order valence-corrected chi connectivity index (χ3v) is 6.98. The molecule has 174 valence electrons. The number of aromatic nitrogens is 2. The smallest absolute Gasteiger partial charge is 0.316 e. The Kier molecular flexibility index (Phi) is 7.22. The molecule has 1 atom stereocenters. The van der Waals surface area contributed by atoms with Crippen LogP contribution in [-0.4, -0.2) is 88.3 Å². The van der Waals surface area contributed by atoms with Crippen LogP contribution in [0.25, 0.3) is 0 Å². The summed E-state index contributed by atoms with van der Waals surface area (Å²) in [5.41, 5.74) is 0. The van der Waals surface area contributed by atoms with Crippen molar-refractivity contribution in [2.24, 2.45) is 17.8 Å². The van der Waals surface area contributed by atoms with Crippen LogP contribution in [0.4, 0.5) is 0 Å². The largest absolute Gasteiger partial charge is 0.463 e. The second-order valence-electron chi connectivity index (χ2n) is 9.26. The van der Waals surface area contributed by atoms with Gasteiger partial charge in [0, 0.05) is 76.8 Å². The molecule has 3 aliphatic rings. The number of hydrogen-bond acceptors (Lipinski definition) is 6. The molecule has 1 unspecified atom stereocenters. The molecule has 0 spiro atoms. The average Bonchev–Trinajstić information content (AvgIpc) is 3.17. The van der Waals surface area contributed by atoms with Crippen LogP contribution in [0.1, 0.15) is 39.0 Å². The van der Waals surface area contributed by atoms with Crippen LogP contribution in [0, 0.1) is 17.8 Å². The minimum atomic E-state index is 0.0386. The molecule has 3 saturated heterocycles. The van der Waals surface area contributed by atoms with Crippen molar-refractivity contribution in [3.8, 4) is 6.01 Å². The standard InChI is InChI=1S/C23H33N5O4/c1-17(29)26-11-5-20(6-12-26)22(31)27-9-3-18(4-10-27)14-28-15-19(13-21(28)30)16-32-23-24-7-2-8-25-23/h2,7-8,18-20H,3-6,9-16H2,1H3. The van der Waals surface area contributed by atoms with E-state index in [-0.39, 0.29) is 29.6 Å². The Hall–Kier alpha value is -2.71. The van der Waals surface area contributed by atoms with Crippen LogP contribution in [0.5, 0.6) is 6.01 Å². The normalized spacial score (nSPS) is 23.0. The van der Waals surface area contributed by atoms with E-state index in [9.17, 15) is 14.4 Å². The van der Waals surface area contributed by atoms with E-state index in [1.807, 2.05) is 14.7 Å². The predicted octanol–water partition coefficient (Wildman–Crippen LogP) is 1.20. The van der Waals surface area contributed by atoms with Gasteiger partial charge < -0.3 is 19.4 Å². The molecule has 3 aliphatic heterocycles. The molecule has 1 aromatic rings. The van der Waals surface area contributed by atoms with Gasteiger partial charge in [-0.25, -0.2) is 9.97 Å². The van der Waals surface area contributed by atoms with E-state index in [0.29, 0.717) is 44.6 Å². The lowest BCUT2D eigenvalue weighted by molar-refractivity contribution is -0.141. The minimum absolute atomic E-state index is 0.0386. The number of hydrogen-bond donors (Lipinski definition) is 0. The maximum absolute atomic E-state index is 12.9. The van der Waals surface area contributed by atoms with Crippen LogP contribution >= 0.6 is 0 Å². The fourth-order valence-corrected chi connectivity index (χ4v) is 5.04. The molecule has 0 aliphatic carbocycles. The molecule has 9 nitrogen and oxygen atoms in total. The summed E-state index contributed by atoms with van der Waals surface area (Å²) in [6, 6.07) is 2.09. The van der Waals surface area contributed by atoms with Crippen molar-refractivity contribution in [3.05, 3.63) is 18.5 Å². The molecule has 0 aromatic carbocycles. The third-order valence-electron chi connectivity index (χ3n) is 6.98. The molecule has 9 heteroatoms. The molecule has 0 bridgehead atoms. The highest BCUT2D eigenvalue weighted by Crippen LogP contribution is 2.26. The Bertz CT molecular complexity index is 804. The van der Waals surface area contributed by atoms with Gasteiger partial charge in [-0.3, -0.25) is 14.4 Å². The third kappa shape index (κ3) is 5.55. The van der Waals surface area contributed by atoms with Crippen LogP contribution in [0.15, 0.2) is 18.5 Å². The lowest BCUT2D eigenvalue weighted by Gasteiger charge is -2.38. The Balaban J connectivity index is 1.17. The minimum Gasteiger partial charge on any atom is -0.463 e. The fourth-order valence-electron chi connectivity index (χ4n) is 5.04. The lowest BCUT2D eigenvalue weighted by Crippen LogP contribution is -2.47. The molecule has 0 radical (unpaired) electrons. The summed E-state index contributed by atoms with van der Waals surface area (Å²) in [5, 5.41) is 0. The number of carbonyl (C=O) groups excluding carboxylic acids is 3. The van der Waals surface area contributed by atoms with Gasteiger partial charge in [0.1, 0.15) is 0 Å². The summed E-state index contributed by atoms with van der Waals surface area (Å²) in [4.78, 5) is 50.7. The number of nitrogens with zero attached hydrogens (tertiary/aromatic N) is 5. The van der Waals surface area contributed by atoms with E-state index < -0.39 is 0 Å². The van der Waals surface area contributed by atoms with Crippen molar-refractivity contribution in [3.63, 3.8) is 0 Å². The summed E-state index contributed by atoms with van der Waals surface area (Å²) in [6.07, 6.45) is 7.17. The maximum Gasteiger partial charge on any atom is 0.316 e. The number of rotatable bonds is 6. The van der Waals surface area contributed by atoms with Gasteiger partial charge in [-0.1, -0.05) is 0 Å². The van der Waals surface area contributed by atoms with E-state index in [1.165, 1.54) is 0 Å². The summed E-state index contributed by atoms with van der Waals surface area (Å²) in [5.74, 6) is 1.15. The van der Waals surface area contributed by atoms with Gasteiger partial charge in [-0.05, 0) is 37.7 Å². The maximum atomic E-state index is 12.9. The van der Waals surface area contributed by atoms with E-state index in [1.54, 1.807) is 25.4 Å². The molecule has 3 fully saturated rings. The molecule has 0 N–H and O–H groups in total. The van der Waals surface area contributed by atoms with E-state index in [0.717, 1.165) is 45.3 Å². The molecule has 4 rings (SSSR count). The summed E-state index contributed by atoms with van der Waals surface area (Å²) in [6.45, 7) is 6.39. The van der Waals surface area contributed by atoms with Crippen LogP contribution < -0.4 is 4.74 Å². The van der Waals surface area contributed by atoms with Gasteiger partial charge in [-0.2, -0.15) is 0 Å². The highest BCUT2D eigenvalue weighted by atomic mass is 16.5. The van der Waals surface area contributed by atoms with Crippen LogP contribution in [0.2, 0.25) is 0 Å². The Morgan fingerprint density at radius 2 is 1.66 bits per heavy atom. The number of likely N-dealkylation sites (tertiary alicyclic amines) is 3. The monoisotopic (exact) mass is 443 g/mol. The van der Waals surface area contributed by atoms with Crippen molar-refractivity contribution >= 4 is 17.7 Å². The summed E-state index contributed by atoms with van der Waals surface area (Å²) >= 11 is 0. The first-order valence-corrected chi connectivity index (χ1v) is 11.7. The molecular formula is C23H33N5O4. The molecular weight excluding hydrogens is 410 g/mol. The van der Waals surface area contributed by atoms with Crippen molar-refractivity contribution in [1.82, 2.24) is 24.7 Å². The number of amides is 3. The van der Waals surface area contributed by atoms with Gasteiger partial charge >= 0.3 is 6.01 Å². The molecule has 3 amide bonds. The van der Waals surface area contributed by atoms with Gasteiger partial charge in [-0.15, -0.1) is 0 Å². The zero-order valence-corrected chi connectivity index (χ0v) is 18.8. The Labute approximate surface area is 189 Å². The van der Waals surface area contributed by atoms with E-state index in [2.05, 4.69) is 9.97 Å². The summed E-state index contributed by atoms with van der Waals surface area (Å²) < 4.78 is 5.63. The quantitative estimate of drug-likeness (QED) is 0.656. The Morgan fingerprint density at radius 1 is 1.00 bits per heavy atom. The number of ether oxygens (including phenoxy) is 1. The molecule has 0 saturated carbocycles. The van der Waals surface area contributed by atoms with Crippen molar-refractivity contribution in [2.45, 2.75) is 39.0 Å². The van der Waals surface area contributed by atoms with Gasteiger partial charge in [0.05, 0.1) is 6.61 Å². The average molecular weight is 444 g/mol. The number of piperidine rings is 2. The van der Waals surface area contributed by atoms with Gasteiger partial charge in [0.2, 0.25) is 17.7 Å². The lowest BCUT2D eigenvalue weighted by atomic mass is 9.92. The first kappa shape index (κ1) is 22.5. The van der Waals surface area contributed by atoms with E-state index in [4.69, 9.17) is 4.74 Å². The Morgan fingerprint density at radius 3 is 2.31 bits per heavy atom. The highest BCUT2D eigenvalue weighted by molar-refractivity contribution is 5.80. The van der Waals surface area contributed by atoms with Crippen molar-refractivity contribution in [1.29, 1.82) is 0 Å². The van der Waals surface area contributed by atoms with E-state index >= 15 is 0 Å². The van der Waals surface area contributed by atoms with Gasteiger partial charge in [0.15, 0.2) is 0 Å². The topological polar surface area (TPSA) is 95.9 Å². The second kappa shape index (κ2) is 10.3. The SMILES string of the molecule is CC(=O)N1CCC(C(=O)N2CCC(CN3CC(COc4ncccn4)CC3=O)CC2)CC1. The zero-order chi connectivity index (χ0) is 22.5. The number of carbonyl (C=O) groups is 3. The molecule has 1 aromatic heterocycles. The highest BCUT2D eigenvalue weighted by Gasteiger charge is 2.35. The summed E-state index contributed by atoms with van der Waals surface area (Å²) in [7, 11) is 0. The zero-order valence-electron chi connectivity index (χ0n) is 18.8. The van der Waals surface area contributed by atoms with Gasteiger partial charge in [0.25, 0.3) is 0 Å². The fraction of sp³-hybridized carbons (Fsp3) is 0.696. The predicted molar refractivity (Wildman–Crippen MR) is 116 cm³/mol. The molecule has 32 heavy (non-hydrogen) atoms.